The number of nitrogens with one attached hydrogen (secondary N) is 1. The van der Waals surface area contributed by atoms with Gasteiger partial charge in [-0.15, -0.1) is 0 Å². The van der Waals surface area contributed by atoms with Crippen LogP contribution in [-0.4, -0.2) is 24.9 Å². The summed E-state index contributed by atoms with van der Waals surface area (Å²) in [7, 11) is 0. The first-order valence-electron chi connectivity index (χ1n) is 7.98. The third-order valence-electron chi connectivity index (χ3n) is 3.80. The van der Waals surface area contributed by atoms with E-state index in [4.69, 9.17) is 0 Å². The van der Waals surface area contributed by atoms with E-state index < -0.39 is 17.6 Å². The maximum absolute atomic E-state index is 12.8. The van der Waals surface area contributed by atoms with Crippen molar-refractivity contribution in [3.63, 3.8) is 0 Å². The minimum absolute atomic E-state index is 0.0637. The van der Waals surface area contributed by atoms with Gasteiger partial charge in [-0.25, -0.2) is 0 Å². The van der Waals surface area contributed by atoms with Gasteiger partial charge in [-0.3, -0.25) is 9.59 Å². The maximum Gasteiger partial charge on any atom is 0.416 e. The lowest BCUT2D eigenvalue weighted by Gasteiger charge is -2.22. The van der Waals surface area contributed by atoms with Crippen LogP contribution >= 0.6 is 0 Å². The van der Waals surface area contributed by atoms with E-state index in [0.717, 1.165) is 17.7 Å². The van der Waals surface area contributed by atoms with Crippen molar-refractivity contribution in [1.29, 1.82) is 0 Å². The molecule has 0 unspecified atom stereocenters. The van der Waals surface area contributed by atoms with Gasteiger partial charge < -0.3 is 10.2 Å². The summed E-state index contributed by atoms with van der Waals surface area (Å²) in [6.07, 6.45) is -4.49. The predicted octanol–water partition coefficient (Wildman–Crippen LogP) is 3.80. The maximum atomic E-state index is 12.8. The molecular weight excluding hydrogens is 345 g/mol. The number of hydrogen-bond donors (Lipinski definition) is 1. The largest absolute Gasteiger partial charge is 0.416 e. The van der Waals surface area contributed by atoms with Gasteiger partial charge in [0, 0.05) is 31.3 Å². The Kier molecular flexibility index (Phi) is 6.02. The fraction of sp³-hybridized carbons (Fsp3) is 0.263. The fourth-order valence-corrected chi connectivity index (χ4v) is 2.41. The number of amides is 2. The number of alkyl halides is 3. The van der Waals surface area contributed by atoms with E-state index >= 15 is 0 Å². The van der Waals surface area contributed by atoms with Crippen molar-refractivity contribution in [2.45, 2.75) is 20.0 Å². The first-order valence-corrected chi connectivity index (χ1v) is 7.98. The van der Waals surface area contributed by atoms with Gasteiger partial charge in [0.2, 0.25) is 5.91 Å². The van der Waals surface area contributed by atoms with Crippen molar-refractivity contribution < 1.29 is 22.8 Å². The van der Waals surface area contributed by atoms with Gasteiger partial charge in [0.25, 0.3) is 5.91 Å². The molecule has 138 valence electrons. The Balaban J connectivity index is 2.04. The van der Waals surface area contributed by atoms with Crippen LogP contribution in [0.1, 0.15) is 28.4 Å². The van der Waals surface area contributed by atoms with E-state index in [-0.39, 0.29) is 24.7 Å². The minimum Gasteiger partial charge on any atom is -0.350 e. The molecule has 0 saturated heterocycles. The smallest absolute Gasteiger partial charge is 0.350 e. The van der Waals surface area contributed by atoms with Gasteiger partial charge in [0.05, 0.1) is 5.56 Å². The number of carbonyl (C=O) groups is 2. The fourth-order valence-electron chi connectivity index (χ4n) is 2.41. The van der Waals surface area contributed by atoms with Crippen LogP contribution in [-0.2, 0) is 11.0 Å². The molecule has 0 aliphatic heterocycles. The second kappa shape index (κ2) is 8.03. The highest BCUT2D eigenvalue weighted by molar-refractivity contribution is 5.94. The van der Waals surface area contributed by atoms with Crippen LogP contribution in [0.5, 0.6) is 0 Å². The van der Waals surface area contributed by atoms with Crippen molar-refractivity contribution in [2.24, 2.45) is 0 Å². The summed E-state index contributed by atoms with van der Waals surface area (Å²) in [5.41, 5.74) is 0.805. The molecule has 4 nitrogen and oxygen atoms in total. The van der Waals surface area contributed by atoms with E-state index in [2.05, 4.69) is 5.32 Å². The third-order valence-corrected chi connectivity index (χ3v) is 3.80. The molecule has 0 aliphatic rings. The second-order valence-corrected chi connectivity index (χ2v) is 5.84. The number of rotatable bonds is 5. The Labute approximate surface area is 149 Å². The van der Waals surface area contributed by atoms with Gasteiger partial charge in [0.15, 0.2) is 0 Å². The van der Waals surface area contributed by atoms with Gasteiger partial charge in [0.1, 0.15) is 0 Å². The highest BCUT2D eigenvalue weighted by Crippen LogP contribution is 2.31. The first-order chi connectivity index (χ1) is 12.2. The van der Waals surface area contributed by atoms with E-state index in [0.29, 0.717) is 5.56 Å². The van der Waals surface area contributed by atoms with Gasteiger partial charge in [-0.2, -0.15) is 13.2 Å². The van der Waals surface area contributed by atoms with Crippen LogP contribution in [0.2, 0.25) is 0 Å². The Morgan fingerprint density at radius 2 is 1.73 bits per heavy atom. The van der Waals surface area contributed by atoms with Crippen molar-refractivity contribution in [1.82, 2.24) is 5.32 Å². The highest BCUT2D eigenvalue weighted by Gasteiger charge is 2.31. The second-order valence-electron chi connectivity index (χ2n) is 5.84. The van der Waals surface area contributed by atoms with Gasteiger partial charge >= 0.3 is 6.18 Å². The standard InChI is InChI=1S/C19H19F3N2O2/c1-13-6-8-15(9-7-13)18(26)23-10-11-24(14(2)25)17-5-3-4-16(12-17)19(20,21)22/h3-9,12H,10-11H2,1-2H3,(H,23,26). The minimum atomic E-state index is -4.49. The van der Waals surface area contributed by atoms with Crippen LogP contribution in [0.15, 0.2) is 48.5 Å². The van der Waals surface area contributed by atoms with E-state index in [1.165, 1.54) is 24.0 Å². The lowest BCUT2D eigenvalue weighted by atomic mass is 10.1. The topological polar surface area (TPSA) is 49.4 Å². The lowest BCUT2D eigenvalue weighted by Crippen LogP contribution is -2.37. The summed E-state index contributed by atoms with van der Waals surface area (Å²) in [6, 6.07) is 11.5. The summed E-state index contributed by atoms with van der Waals surface area (Å²) in [6.45, 7) is 3.35. The van der Waals surface area contributed by atoms with E-state index in [1.807, 2.05) is 6.92 Å². The summed E-state index contributed by atoms with van der Waals surface area (Å²) in [5, 5.41) is 2.66. The van der Waals surface area contributed by atoms with Crippen LogP contribution < -0.4 is 10.2 Å². The molecule has 2 rings (SSSR count). The molecule has 0 aromatic heterocycles. The number of benzene rings is 2. The molecule has 2 aromatic rings. The Morgan fingerprint density at radius 1 is 1.08 bits per heavy atom. The average Bonchev–Trinajstić information content (AvgIpc) is 2.58. The first kappa shape index (κ1) is 19.5. The third kappa shape index (κ3) is 5.08. The molecule has 0 saturated carbocycles. The van der Waals surface area contributed by atoms with Crippen LogP contribution in [0, 0.1) is 6.92 Å². The number of aryl methyl sites for hydroxylation is 1. The van der Waals surface area contributed by atoms with Crippen LogP contribution in [0.3, 0.4) is 0 Å². The average molecular weight is 364 g/mol. The van der Waals surface area contributed by atoms with Crippen molar-refractivity contribution >= 4 is 17.5 Å². The van der Waals surface area contributed by atoms with E-state index in [1.54, 1.807) is 24.3 Å². The summed E-state index contributed by atoms with van der Waals surface area (Å²) in [5.74, 6) is -0.716. The monoisotopic (exact) mass is 364 g/mol. The Hall–Kier alpha value is -2.83. The molecule has 0 aliphatic carbocycles. The molecule has 2 aromatic carbocycles. The summed E-state index contributed by atoms with van der Waals surface area (Å²) >= 11 is 0. The summed E-state index contributed by atoms with van der Waals surface area (Å²) < 4.78 is 38.5. The molecule has 2 amide bonds. The number of anilines is 1. The number of halogens is 3. The zero-order valence-corrected chi connectivity index (χ0v) is 14.4. The molecular formula is C19H19F3N2O2. The molecule has 7 heteroatoms. The molecule has 0 heterocycles. The molecule has 0 radical (unpaired) electrons. The Morgan fingerprint density at radius 3 is 2.31 bits per heavy atom. The van der Waals surface area contributed by atoms with Crippen LogP contribution in [0.4, 0.5) is 18.9 Å². The van der Waals surface area contributed by atoms with Gasteiger partial charge in [-0.05, 0) is 37.3 Å². The molecule has 0 bridgehead atoms. The SMILES string of the molecule is CC(=O)N(CCNC(=O)c1ccc(C)cc1)c1cccc(C(F)(F)F)c1. The van der Waals surface area contributed by atoms with Gasteiger partial charge in [-0.1, -0.05) is 23.8 Å². The molecule has 0 atom stereocenters. The number of hydrogen-bond acceptors (Lipinski definition) is 2. The Bertz CT molecular complexity index is 786. The normalized spacial score (nSPS) is 11.1. The van der Waals surface area contributed by atoms with E-state index in [9.17, 15) is 22.8 Å². The molecule has 0 spiro atoms. The van der Waals surface area contributed by atoms with Crippen molar-refractivity contribution in [2.75, 3.05) is 18.0 Å². The number of carbonyl (C=O) groups excluding carboxylic acids is 2. The van der Waals surface area contributed by atoms with Crippen molar-refractivity contribution in [3.05, 3.63) is 65.2 Å². The zero-order chi connectivity index (χ0) is 19.3. The predicted molar refractivity (Wildman–Crippen MR) is 93.0 cm³/mol. The summed E-state index contributed by atoms with van der Waals surface area (Å²) in [4.78, 5) is 25.1. The van der Waals surface area contributed by atoms with Crippen molar-refractivity contribution in [3.8, 4) is 0 Å². The molecule has 0 fully saturated rings. The molecule has 1 N–H and O–H groups in total. The molecule has 26 heavy (non-hydrogen) atoms. The highest BCUT2D eigenvalue weighted by atomic mass is 19.4. The number of nitrogens with zero attached hydrogens (tertiary/aromatic N) is 1. The quantitative estimate of drug-likeness (QED) is 0.877. The zero-order valence-electron chi connectivity index (χ0n) is 14.4. The lowest BCUT2D eigenvalue weighted by molar-refractivity contribution is -0.137. The van der Waals surface area contributed by atoms with Crippen LogP contribution in [0.25, 0.3) is 0 Å².